The lowest BCUT2D eigenvalue weighted by molar-refractivity contribution is -0.156. The molecule has 0 amide bonds. The Bertz CT molecular complexity index is 430. The Hall–Kier alpha value is -1.84. The number of benzene rings is 1. The molecule has 0 radical (unpaired) electrons. The summed E-state index contributed by atoms with van der Waals surface area (Å²) in [7, 11) is 0. The highest BCUT2D eigenvalue weighted by atomic mass is 16.5. The van der Waals surface area contributed by atoms with Gasteiger partial charge in [-0.3, -0.25) is 4.79 Å². The number of Topliss-reactive ketones (excluding diaryl/α,β-unsaturated/α-hetero) is 1. The third kappa shape index (κ3) is 2.88. The van der Waals surface area contributed by atoms with Crippen LogP contribution >= 0.6 is 0 Å². The summed E-state index contributed by atoms with van der Waals surface area (Å²) in [5.74, 6) is -0.536. The van der Waals surface area contributed by atoms with Gasteiger partial charge in [0.15, 0.2) is 5.78 Å². The standard InChI is InChI=1S/C14H18O4/c1-4-14(5-2,13(16)17)18-12-8-6-11(7-9-12)10(3)15/h6-9H,4-5H2,1-3H3,(H,16,17). The molecule has 0 aliphatic heterocycles. The second-order valence-corrected chi connectivity index (χ2v) is 4.19. The average Bonchev–Trinajstić information content (AvgIpc) is 2.36. The number of carbonyl (C=O) groups is 2. The zero-order valence-electron chi connectivity index (χ0n) is 10.9. The number of hydrogen-bond donors (Lipinski definition) is 1. The fourth-order valence-corrected chi connectivity index (χ4v) is 1.72. The summed E-state index contributed by atoms with van der Waals surface area (Å²) in [6.07, 6.45) is 0.764. The van der Waals surface area contributed by atoms with Gasteiger partial charge in [-0.15, -0.1) is 0 Å². The van der Waals surface area contributed by atoms with Crippen LogP contribution in [0.15, 0.2) is 24.3 Å². The lowest BCUT2D eigenvalue weighted by Gasteiger charge is -2.28. The molecule has 0 saturated carbocycles. The summed E-state index contributed by atoms with van der Waals surface area (Å²) < 4.78 is 5.59. The van der Waals surface area contributed by atoms with Crippen molar-refractivity contribution in [1.29, 1.82) is 0 Å². The van der Waals surface area contributed by atoms with Gasteiger partial charge in [-0.2, -0.15) is 0 Å². The van der Waals surface area contributed by atoms with E-state index < -0.39 is 11.6 Å². The Balaban J connectivity index is 2.95. The van der Waals surface area contributed by atoms with Crippen LogP contribution in [0.4, 0.5) is 0 Å². The molecule has 0 unspecified atom stereocenters. The van der Waals surface area contributed by atoms with Crippen molar-refractivity contribution in [2.75, 3.05) is 0 Å². The van der Waals surface area contributed by atoms with E-state index in [0.717, 1.165) is 0 Å². The van der Waals surface area contributed by atoms with Crippen LogP contribution < -0.4 is 4.74 Å². The Morgan fingerprint density at radius 3 is 2.00 bits per heavy atom. The number of ether oxygens (including phenoxy) is 1. The predicted molar refractivity (Wildman–Crippen MR) is 68.0 cm³/mol. The maximum absolute atomic E-state index is 11.3. The van der Waals surface area contributed by atoms with Crippen LogP contribution in [-0.4, -0.2) is 22.5 Å². The predicted octanol–water partition coefficient (Wildman–Crippen LogP) is 2.91. The van der Waals surface area contributed by atoms with Crippen LogP contribution in [0, 0.1) is 0 Å². The number of rotatable bonds is 6. The number of ketones is 1. The van der Waals surface area contributed by atoms with Crippen LogP contribution in [0.2, 0.25) is 0 Å². The quantitative estimate of drug-likeness (QED) is 0.788. The van der Waals surface area contributed by atoms with Crippen LogP contribution in [-0.2, 0) is 4.79 Å². The minimum atomic E-state index is -1.20. The van der Waals surface area contributed by atoms with E-state index >= 15 is 0 Å². The summed E-state index contributed by atoms with van der Waals surface area (Å²) >= 11 is 0. The molecule has 1 aromatic rings. The molecule has 0 saturated heterocycles. The van der Waals surface area contributed by atoms with Crippen molar-refractivity contribution < 1.29 is 19.4 Å². The van der Waals surface area contributed by atoms with Gasteiger partial charge in [-0.05, 0) is 44.0 Å². The second-order valence-electron chi connectivity index (χ2n) is 4.19. The van der Waals surface area contributed by atoms with Crippen molar-refractivity contribution in [1.82, 2.24) is 0 Å². The molecule has 0 fully saturated rings. The molecular weight excluding hydrogens is 232 g/mol. The maximum atomic E-state index is 11.3. The normalized spacial score (nSPS) is 11.1. The molecule has 1 N–H and O–H groups in total. The van der Waals surface area contributed by atoms with Crippen LogP contribution in [0.5, 0.6) is 5.75 Å². The lowest BCUT2D eigenvalue weighted by atomic mass is 9.97. The van der Waals surface area contributed by atoms with Gasteiger partial charge in [0.1, 0.15) is 5.75 Å². The smallest absolute Gasteiger partial charge is 0.348 e. The lowest BCUT2D eigenvalue weighted by Crippen LogP contribution is -2.43. The average molecular weight is 250 g/mol. The monoisotopic (exact) mass is 250 g/mol. The van der Waals surface area contributed by atoms with Gasteiger partial charge in [-0.25, -0.2) is 4.79 Å². The molecule has 0 aliphatic rings. The van der Waals surface area contributed by atoms with E-state index in [4.69, 9.17) is 4.74 Å². The van der Waals surface area contributed by atoms with Gasteiger partial charge in [0.25, 0.3) is 0 Å². The number of carboxylic acid groups (broad SMARTS) is 1. The van der Waals surface area contributed by atoms with Crippen molar-refractivity contribution in [2.24, 2.45) is 0 Å². The maximum Gasteiger partial charge on any atom is 0.348 e. The van der Waals surface area contributed by atoms with E-state index in [9.17, 15) is 14.7 Å². The van der Waals surface area contributed by atoms with Crippen LogP contribution in [0.3, 0.4) is 0 Å². The van der Waals surface area contributed by atoms with Gasteiger partial charge >= 0.3 is 5.97 Å². The van der Waals surface area contributed by atoms with E-state index in [0.29, 0.717) is 24.2 Å². The molecule has 4 nitrogen and oxygen atoms in total. The zero-order chi connectivity index (χ0) is 13.8. The fraction of sp³-hybridized carbons (Fsp3) is 0.429. The van der Waals surface area contributed by atoms with Gasteiger partial charge in [0.05, 0.1) is 0 Å². The zero-order valence-corrected chi connectivity index (χ0v) is 10.9. The Morgan fingerprint density at radius 1 is 1.17 bits per heavy atom. The van der Waals surface area contributed by atoms with Crippen molar-refractivity contribution >= 4 is 11.8 Å². The van der Waals surface area contributed by atoms with Crippen molar-refractivity contribution in [2.45, 2.75) is 39.2 Å². The number of aliphatic carboxylic acids is 1. The first kappa shape index (κ1) is 14.2. The van der Waals surface area contributed by atoms with Crippen molar-refractivity contribution in [3.8, 4) is 5.75 Å². The minimum Gasteiger partial charge on any atom is -0.478 e. The van der Waals surface area contributed by atoms with Crippen LogP contribution in [0.25, 0.3) is 0 Å². The van der Waals surface area contributed by atoms with Gasteiger partial charge in [-0.1, -0.05) is 13.8 Å². The molecule has 1 rings (SSSR count). The first-order chi connectivity index (χ1) is 8.45. The van der Waals surface area contributed by atoms with E-state index in [1.54, 1.807) is 38.1 Å². The van der Waals surface area contributed by atoms with Crippen molar-refractivity contribution in [3.63, 3.8) is 0 Å². The van der Waals surface area contributed by atoms with Gasteiger partial charge in [0, 0.05) is 5.56 Å². The minimum absolute atomic E-state index is 0.0305. The van der Waals surface area contributed by atoms with Crippen LogP contribution in [0.1, 0.15) is 44.0 Å². The molecule has 4 heteroatoms. The molecule has 0 heterocycles. The molecule has 0 spiro atoms. The highest BCUT2D eigenvalue weighted by molar-refractivity contribution is 5.94. The molecule has 0 aliphatic carbocycles. The van der Waals surface area contributed by atoms with E-state index in [1.165, 1.54) is 6.92 Å². The summed E-state index contributed by atoms with van der Waals surface area (Å²) in [5.41, 5.74) is -0.617. The molecule has 98 valence electrons. The summed E-state index contributed by atoms with van der Waals surface area (Å²) in [5, 5.41) is 9.25. The second kappa shape index (κ2) is 5.67. The summed E-state index contributed by atoms with van der Waals surface area (Å²) in [4.78, 5) is 22.4. The van der Waals surface area contributed by atoms with Crippen molar-refractivity contribution in [3.05, 3.63) is 29.8 Å². The first-order valence-corrected chi connectivity index (χ1v) is 5.98. The Morgan fingerprint density at radius 2 is 1.67 bits per heavy atom. The Labute approximate surface area is 107 Å². The molecule has 0 aromatic heterocycles. The highest BCUT2D eigenvalue weighted by Crippen LogP contribution is 2.25. The molecular formula is C14H18O4. The summed E-state index contributed by atoms with van der Waals surface area (Å²) in [6.45, 7) is 5.04. The molecule has 0 bridgehead atoms. The first-order valence-electron chi connectivity index (χ1n) is 5.98. The Kier molecular flexibility index (Phi) is 4.48. The topological polar surface area (TPSA) is 63.6 Å². The molecule has 18 heavy (non-hydrogen) atoms. The van der Waals surface area contributed by atoms with Gasteiger partial charge in [0.2, 0.25) is 5.60 Å². The SMILES string of the molecule is CCC(CC)(Oc1ccc(C(C)=O)cc1)C(=O)O. The largest absolute Gasteiger partial charge is 0.478 e. The highest BCUT2D eigenvalue weighted by Gasteiger charge is 2.37. The van der Waals surface area contributed by atoms with E-state index in [-0.39, 0.29) is 5.78 Å². The summed E-state index contributed by atoms with van der Waals surface area (Å²) in [6, 6.07) is 6.52. The number of carbonyl (C=O) groups excluding carboxylic acids is 1. The van der Waals surface area contributed by atoms with Gasteiger partial charge < -0.3 is 9.84 Å². The molecule has 1 aromatic carbocycles. The fourth-order valence-electron chi connectivity index (χ4n) is 1.72. The number of carboxylic acids is 1. The van der Waals surface area contributed by atoms with E-state index in [2.05, 4.69) is 0 Å². The third-order valence-corrected chi connectivity index (χ3v) is 3.11. The van der Waals surface area contributed by atoms with E-state index in [1.807, 2.05) is 0 Å². The third-order valence-electron chi connectivity index (χ3n) is 3.11. The number of hydrogen-bond acceptors (Lipinski definition) is 3. The molecule has 0 atom stereocenters.